The fourth-order valence-corrected chi connectivity index (χ4v) is 2.52. The molecule has 0 radical (unpaired) electrons. The van der Waals surface area contributed by atoms with Crippen LogP contribution in [0.15, 0.2) is 22.9 Å². The van der Waals surface area contributed by atoms with Crippen molar-refractivity contribution in [3.05, 3.63) is 24.2 Å². The average Bonchev–Trinajstić information content (AvgIpc) is 3.09. The summed E-state index contributed by atoms with van der Waals surface area (Å²) in [6, 6.07) is 3.91. The van der Waals surface area contributed by atoms with Crippen molar-refractivity contribution in [2.75, 3.05) is 24.5 Å². The van der Waals surface area contributed by atoms with Crippen molar-refractivity contribution >= 4 is 11.7 Å². The van der Waals surface area contributed by atoms with Crippen LogP contribution in [0.25, 0.3) is 11.4 Å². The molecule has 0 aromatic carbocycles. The second kappa shape index (κ2) is 7.19. The summed E-state index contributed by atoms with van der Waals surface area (Å²) in [6.45, 7) is 2.21. The Kier molecular flexibility index (Phi) is 4.82. The van der Waals surface area contributed by atoms with E-state index in [1.807, 2.05) is 12.1 Å². The smallest absolute Gasteiger partial charge is 0.246 e. The lowest BCUT2D eigenvalue weighted by Gasteiger charge is -2.27. The Labute approximate surface area is 134 Å². The van der Waals surface area contributed by atoms with Crippen LogP contribution in [0, 0.1) is 0 Å². The molecule has 1 aliphatic heterocycles. The van der Waals surface area contributed by atoms with E-state index in [4.69, 9.17) is 10.3 Å². The highest BCUT2D eigenvalue weighted by molar-refractivity contribution is 5.77. The summed E-state index contributed by atoms with van der Waals surface area (Å²) in [6.07, 6.45) is 5.47. The standard InChI is InChI=1S/C15H20N6O2/c16-8-13(22)18-10-14-19-15(20-23-14)11-4-5-12(17-9-11)21-6-2-1-3-7-21/h4-5,9H,1-3,6-8,10,16H2,(H,18,22). The number of nitrogens with one attached hydrogen (secondary N) is 1. The van der Waals surface area contributed by atoms with Gasteiger partial charge in [0.2, 0.25) is 17.6 Å². The van der Waals surface area contributed by atoms with Crippen molar-refractivity contribution in [2.24, 2.45) is 5.73 Å². The molecule has 2 aromatic rings. The number of piperidine rings is 1. The third kappa shape index (κ3) is 3.84. The number of nitrogens with zero attached hydrogens (tertiary/aromatic N) is 4. The molecule has 0 unspecified atom stereocenters. The zero-order valence-electron chi connectivity index (χ0n) is 12.9. The predicted octanol–water partition coefficient (Wildman–Crippen LogP) is 0.697. The molecule has 1 saturated heterocycles. The predicted molar refractivity (Wildman–Crippen MR) is 84.5 cm³/mol. The molecule has 1 fully saturated rings. The van der Waals surface area contributed by atoms with Crippen LogP contribution >= 0.6 is 0 Å². The second-order valence-corrected chi connectivity index (χ2v) is 5.45. The highest BCUT2D eigenvalue weighted by Crippen LogP contribution is 2.21. The molecular formula is C15H20N6O2. The number of amides is 1. The number of nitrogens with two attached hydrogens (primary N) is 1. The van der Waals surface area contributed by atoms with Gasteiger partial charge < -0.3 is 20.5 Å². The van der Waals surface area contributed by atoms with Crippen molar-refractivity contribution in [2.45, 2.75) is 25.8 Å². The molecule has 2 aromatic heterocycles. The molecule has 0 atom stereocenters. The number of carbonyl (C=O) groups excluding carboxylic acids is 1. The Morgan fingerprint density at radius 2 is 2.13 bits per heavy atom. The van der Waals surface area contributed by atoms with Gasteiger partial charge in [-0.3, -0.25) is 4.79 Å². The van der Waals surface area contributed by atoms with Gasteiger partial charge in [-0.1, -0.05) is 5.16 Å². The summed E-state index contributed by atoms with van der Waals surface area (Å²) in [7, 11) is 0. The third-order valence-electron chi connectivity index (χ3n) is 3.78. The Bertz CT molecular complexity index is 648. The maximum Gasteiger partial charge on any atom is 0.246 e. The summed E-state index contributed by atoms with van der Waals surface area (Å²) < 4.78 is 5.11. The highest BCUT2D eigenvalue weighted by Gasteiger charge is 2.14. The summed E-state index contributed by atoms with van der Waals surface area (Å²) in [5, 5.41) is 6.49. The first-order valence-electron chi connectivity index (χ1n) is 7.77. The van der Waals surface area contributed by atoms with E-state index in [1.165, 1.54) is 19.3 Å². The number of carbonyl (C=O) groups is 1. The van der Waals surface area contributed by atoms with Crippen LogP contribution in [-0.4, -0.2) is 40.7 Å². The van der Waals surface area contributed by atoms with Gasteiger partial charge in [0, 0.05) is 24.8 Å². The quantitative estimate of drug-likeness (QED) is 0.835. The van der Waals surface area contributed by atoms with E-state index in [1.54, 1.807) is 6.20 Å². The Balaban J connectivity index is 1.65. The van der Waals surface area contributed by atoms with E-state index < -0.39 is 0 Å². The molecule has 0 aliphatic carbocycles. The van der Waals surface area contributed by atoms with Crippen molar-refractivity contribution in [1.29, 1.82) is 0 Å². The van der Waals surface area contributed by atoms with E-state index in [9.17, 15) is 4.79 Å². The maximum atomic E-state index is 11.1. The van der Waals surface area contributed by atoms with Gasteiger partial charge in [0.05, 0.1) is 13.1 Å². The van der Waals surface area contributed by atoms with Crippen LogP contribution in [0.2, 0.25) is 0 Å². The van der Waals surface area contributed by atoms with Crippen LogP contribution in [0.3, 0.4) is 0 Å². The van der Waals surface area contributed by atoms with Crippen molar-refractivity contribution in [1.82, 2.24) is 20.4 Å². The molecule has 0 spiro atoms. The fourth-order valence-electron chi connectivity index (χ4n) is 2.52. The van der Waals surface area contributed by atoms with Gasteiger partial charge in [0.1, 0.15) is 5.82 Å². The Hall–Kier alpha value is -2.48. The topological polar surface area (TPSA) is 110 Å². The van der Waals surface area contributed by atoms with Gasteiger partial charge in [0.15, 0.2) is 0 Å². The van der Waals surface area contributed by atoms with Gasteiger partial charge in [0.25, 0.3) is 0 Å². The molecule has 23 heavy (non-hydrogen) atoms. The molecule has 3 rings (SSSR count). The minimum absolute atomic E-state index is 0.0666. The molecular weight excluding hydrogens is 296 g/mol. The van der Waals surface area contributed by atoms with Gasteiger partial charge in [-0.15, -0.1) is 0 Å². The fraction of sp³-hybridized carbons (Fsp3) is 0.467. The first-order valence-corrected chi connectivity index (χ1v) is 7.77. The van der Waals surface area contributed by atoms with E-state index in [0.29, 0.717) is 11.7 Å². The molecule has 3 heterocycles. The second-order valence-electron chi connectivity index (χ2n) is 5.45. The molecule has 0 saturated carbocycles. The molecule has 0 bridgehead atoms. The van der Waals surface area contributed by atoms with Crippen molar-refractivity contribution in [3.8, 4) is 11.4 Å². The third-order valence-corrected chi connectivity index (χ3v) is 3.78. The van der Waals surface area contributed by atoms with E-state index in [-0.39, 0.29) is 19.0 Å². The first-order chi connectivity index (χ1) is 11.3. The molecule has 122 valence electrons. The first kappa shape index (κ1) is 15.4. The largest absolute Gasteiger partial charge is 0.357 e. The van der Waals surface area contributed by atoms with Gasteiger partial charge in [-0.25, -0.2) is 4.98 Å². The minimum atomic E-state index is -0.266. The minimum Gasteiger partial charge on any atom is -0.357 e. The van der Waals surface area contributed by atoms with Crippen LogP contribution < -0.4 is 16.0 Å². The summed E-state index contributed by atoms with van der Waals surface area (Å²) in [5.74, 6) is 1.51. The van der Waals surface area contributed by atoms with Gasteiger partial charge in [-0.05, 0) is 31.4 Å². The molecule has 1 amide bonds. The van der Waals surface area contributed by atoms with Crippen LogP contribution in [0.1, 0.15) is 25.2 Å². The number of hydrogen-bond acceptors (Lipinski definition) is 7. The number of anilines is 1. The number of pyridine rings is 1. The average molecular weight is 316 g/mol. The molecule has 8 nitrogen and oxygen atoms in total. The van der Waals surface area contributed by atoms with Crippen LogP contribution in [-0.2, 0) is 11.3 Å². The molecule has 3 N–H and O–H groups in total. The van der Waals surface area contributed by atoms with E-state index in [2.05, 4.69) is 25.3 Å². The number of hydrogen-bond donors (Lipinski definition) is 2. The van der Waals surface area contributed by atoms with Gasteiger partial charge in [-0.2, -0.15) is 4.98 Å². The summed E-state index contributed by atoms with van der Waals surface area (Å²) in [4.78, 5) is 22.1. The van der Waals surface area contributed by atoms with E-state index in [0.717, 1.165) is 24.5 Å². The monoisotopic (exact) mass is 316 g/mol. The maximum absolute atomic E-state index is 11.1. The van der Waals surface area contributed by atoms with Crippen molar-refractivity contribution in [3.63, 3.8) is 0 Å². The number of aromatic nitrogens is 3. The highest BCUT2D eigenvalue weighted by atomic mass is 16.5. The summed E-state index contributed by atoms with van der Waals surface area (Å²) >= 11 is 0. The molecule has 8 heteroatoms. The normalized spacial score (nSPS) is 14.7. The zero-order chi connectivity index (χ0) is 16.1. The van der Waals surface area contributed by atoms with Crippen LogP contribution in [0.4, 0.5) is 5.82 Å². The lowest BCUT2D eigenvalue weighted by molar-refractivity contribution is -0.120. The van der Waals surface area contributed by atoms with Crippen molar-refractivity contribution < 1.29 is 9.32 Å². The lowest BCUT2D eigenvalue weighted by Crippen LogP contribution is -2.30. The molecule has 1 aliphatic rings. The number of rotatable bonds is 5. The van der Waals surface area contributed by atoms with Crippen LogP contribution in [0.5, 0.6) is 0 Å². The van der Waals surface area contributed by atoms with E-state index >= 15 is 0 Å². The SMILES string of the molecule is NCC(=O)NCc1nc(-c2ccc(N3CCCCC3)nc2)no1. The Morgan fingerprint density at radius 1 is 1.30 bits per heavy atom. The summed E-state index contributed by atoms with van der Waals surface area (Å²) in [5.41, 5.74) is 6.00. The lowest BCUT2D eigenvalue weighted by atomic mass is 10.1. The Morgan fingerprint density at radius 3 is 2.83 bits per heavy atom. The van der Waals surface area contributed by atoms with Gasteiger partial charge >= 0.3 is 0 Å². The zero-order valence-corrected chi connectivity index (χ0v) is 12.9.